The summed E-state index contributed by atoms with van der Waals surface area (Å²) in [5.41, 5.74) is 11.4. The third-order valence-corrected chi connectivity index (χ3v) is 3.65. The molecular formula is C15H18N4. The fourth-order valence-corrected chi connectivity index (χ4v) is 2.67. The number of benzene rings is 1. The molecule has 3 N–H and O–H groups in total. The van der Waals surface area contributed by atoms with Crippen molar-refractivity contribution in [1.82, 2.24) is 14.8 Å². The lowest BCUT2D eigenvalue weighted by atomic mass is 10.1. The number of nitrogens with one attached hydrogen (secondary N) is 1. The van der Waals surface area contributed by atoms with E-state index in [0.717, 1.165) is 23.2 Å². The van der Waals surface area contributed by atoms with Gasteiger partial charge in [-0.3, -0.25) is 4.68 Å². The molecule has 0 aliphatic rings. The highest BCUT2D eigenvalue weighted by atomic mass is 15.3. The first-order valence-corrected chi connectivity index (χ1v) is 6.51. The Morgan fingerprint density at radius 3 is 2.89 bits per heavy atom. The average molecular weight is 254 g/mol. The first-order valence-electron chi connectivity index (χ1n) is 6.51. The maximum absolute atomic E-state index is 5.67. The van der Waals surface area contributed by atoms with E-state index in [9.17, 15) is 0 Å². The summed E-state index contributed by atoms with van der Waals surface area (Å²) in [5.74, 6) is 0. The minimum absolute atomic E-state index is 0.647. The van der Waals surface area contributed by atoms with E-state index < -0.39 is 0 Å². The highest BCUT2D eigenvalue weighted by molar-refractivity contribution is 5.95. The fourth-order valence-electron chi connectivity index (χ4n) is 2.67. The normalized spacial score (nSPS) is 11.3. The van der Waals surface area contributed by atoms with E-state index in [1.807, 2.05) is 24.0 Å². The zero-order chi connectivity index (χ0) is 13.4. The van der Waals surface area contributed by atoms with E-state index in [4.69, 9.17) is 5.73 Å². The molecule has 3 rings (SSSR count). The molecule has 4 nitrogen and oxygen atoms in total. The van der Waals surface area contributed by atoms with Gasteiger partial charge in [-0.25, -0.2) is 0 Å². The molecule has 98 valence electrons. The summed E-state index contributed by atoms with van der Waals surface area (Å²) in [6.07, 6.45) is 2.89. The van der Waals surface area contributed by atoms with Gasteiger partial charge in [0.1, 0.15) is 0 Å². The van der Waals surface area contributed by atoms with Gasteiger partial charge < -0.3 is 10.7 Å². The molecule has 2 heterocycles. The standard InChI is InChI=1S/C15H18N4/c1-10-14(7-8-16)19(2)18-15(10)12-9-17-13-6-4-3-5-11(12)13/h3-6,9,17H,7-8,16H2,1-2H3. The third kappa shape index (κ3) is 1.85. The lowest BCUT2D eigenvalue weighted by molar-refractivity contribution is 0.706. The first kappa shape index (κ1) is 12.0. The van der Waals surface area contributed by atoms with Crippen molar-refractivity contribution >= 4 is 10.9 Å². The lowest BCUT2D eigenvalue weighted by Gasteiger charge is -2.00. The van der Waals surface area contributed by atoms with Crippen LogP contribution in [0.15, 0.2) is 30.5 Å². The molecule has 0 atom stereocenters. The average Bonchev–Trinajstić information content (AvgIpc) is 2.95. The molecule has 0 saturated carbocycles. The zero-order valence-corrected chi connectivity index (χ0v) is 11.3. The van der Waals surface area contributed by atoms with E-state index in [-0.39, 0.29) is 0 Å². The number of fused-ring (bicyclic) bond motifs is 1. The fraction of sp³-hybridized carbons (Fsp3) is 0.267. The summed E-state index contributed by atoms with van der Waals surface area (Å²) in [6.45, 7) is 2.77. The van der Waals surface area contributed by atoms with Crippen molar-refractivity contribution in [1.29, 1.82) is 0 Å². The van der Waals surface area contributed by atoms with E-state index in [2.05, 4.69) is 35.2 Å². The number of nitrogens with two attached hydrogens (primary N) is 1. The molecule has 19 heavy (non-hydrogen) atoms. The van der Waals surface area contributed by atoms with Gasteiger partial charge in [-0.15, -0.1) is 0 Å². The molecule has 0 bridgehead atoms. The Balaban J connectivity index is 2.19. The summed E-state index contributed by atoms with van der Waals surface area (Å²) in [4.78, 5) is 3.30. The molecule has 0 spiro atoms. The zero-order valence-electron chi connectivity index (χ0n) is 11.3. The Bertz CT molecular complexity index is 721. The van der Waals surface area contributed by atoms with Crippen LogP contribution in [0.4, 0.5) is 0 Å². The van der Waals surface area contributed by atoms with Crippen LogP contribution in [0.3, 0.4) is 0 Å². The minimum atomic E-state index is 0.647. The van der Waals surface area contributed by atoms with Crippen LogP contribution >= 0.6 is 0 Å². The van der Waals surface area contributed by atoms with Crippen LogP contribution in [0.25, 0.3) is 22.2 Å². The van der Waals surface area contributed by atoms with Crippen molar-refractivity contribution < 1.29 is 0 Å². The number of nitrogens with zero attached hydrogens (tertiary/aromatic N) is 2. The largest absolute Gasteiger partial charge is 0.360 e. The van der Waals surface area contributed by atoms with Gasteiger partial charge in [0.25, 0.3) is 0 Å². The maximum Gasteiger partial charge on any atom is 0.0976 e. The van der Waals surface area contributed by atoms with Gasteiger partial charge in [0.2, 0.25) is 0 Å². The van der Waals surface area contributed by atoms with Crippen molar-refractivity contribution in [3.63, 3.8) is 0 Å². The number of aromatic amines is 1. The minimum Gasteiger partial charge on any atom is -0.360 e. The topological polar surface area (TPSA) is 59.6 Å². The summed E-state index contributed by atoms with van der Waals surface area (Å²) >= 11 is 0. The highest BCUT2D eigenvalue weighted by Gasteiger charge is 2.16. The molecule has 0 saturated heterocycles. The van der Waals surface area contributed by atoms with Gasteiger partial charge in [-0.1, -0.05) is 18.2 Å². The number of hydrogen-bond acceptors (Lipinski definition) is 2. The maximum atomic E-state index is 5.67. The number of H-pyrrole nitrogens is 1. The van der Waals surface area contributed by atoms with Gasteiger partial charge in [-0.05, 0) is 25.1 Å². The molecule has 2 aromatic heterocycles. The summed E-state index contributed by atoms with van der Waals surface area (Å²) in [6, 6.07) is 8.29. The molecule has 0 aliphatic carbocycles. The second-order valence-corrected chi connectivity index (χ2v) is 4.83. The van der Waals surface area contributed by atoms with Crippen LogP contribution in [0.2, 0.25) is 0 Å². The Kier molecular flexibility index (Phi) is 2.87. The van der Waals surface area contributed by atoms with Crippen molar-refractivity contribution in [2.24, 2.45) is 12.8 Å². The molecule has 1 aromatic carbocycles. The lowest BCUT2D eigenvalue weighted by Crippen LogP contribution is -2.08. The molecule has 3 aromatic rings. The second kappa shape index (κ2) is 4.55. The Morgan fingerprint density at radius 1 is 1.32 bits per heavy atom. The van der Waals surface area contributed by atoms with Gasteiger partial charge >= 0.3 is 0 Å². The molecule has 4 heteroatoms. The van der Waals surface area contributed by atoms with Crippen molar-refractivity contribution in [2.75, 3.05) is 6.54 Å². The summed E-state index contributed by atoms with van der Waals surface area (Å²) in [7, 11) is 1.98. The molecule has 0 aliphatic heterocycles. The highest BCUT2D eigenvalue weighted by Crippen LogP contribution is 2.31. The van der Waals surface area contributed by atoms with Gasteiger partial charge in [0.05, 0.1) is 5.69 Å². The Hall–Kier alpha value is -2.07. The van der Waals surface area contributed by atoms with Crippen LogP contribution < -0.4 is 5.73 Å². The van der Waals surface area contributed by atoms with E-state index >= 15 is 0 Å². The van der Waals surface area contributed by atoms with Gasteiger partial charge in [0.15, 0.2) is 0 Å². The number of aryl methyl sites for hydroxylation is 1. The predicted octanol–water partition coefficient (Wildman–Crippen LogP) is 2.38. The summed E-state index contributed by atoms with van der Waals surface area (Å²) < 4.78 is 1.94. The van der Waals surface area contributed by atoms with Crippen molar-refractivity contribution in [3.05, 3.63) is 41.7 Å². The van der Waals surface area contributed by atoms with Crippen molar-refractivity contribution in [2.45, 2.75) is 13.3 Å². The van der Waals surface area contributed by atoms with Gasteiger partial charge in [0, 0.05) is 41.8 Å². The Morgan fingerprint density at radius 2 is 2.11 bits per heavy atom. The summed E-state index contributed by atoms with van der Waals surface area (Å²) in [5, 5.41) is 5.87. The quantitative estimate of drug-likeness (QED) is 0.754. The van der Waals surface area contributed by atoms with E-state index in [1.165, 1.54) is 16.6 Å². The van der Waals surface area contributed by atoms with E-state index in [0.29, 0.717) is 6.54 Å². The number of hydrogen-bond donors (Lipinski definition) is 2. The molecule has 0 unspecified atom stereocenters. The number of rotatable bonds is 3. The van der Waals surface area contributed by atoms with Crippen LogP contribution in [-0.2, 0) is 13.5 Å². The van der Waals surface area contributed by atoms with Crippen LogP contribution in [0, 0.1) is 6.92 Å². The Labute approximate surface area is 112 Å². The molecular weight excluding hydrogens is 236 g/mol. The first-order chi connectivity index (χ1) is 9.22. The van der Waals surface area contributed by atoms with Gasteiger partial charge in [-0.2, -0.15) is 5.10 Å². The van der Waals surface area contributed by atoms with Crippen molar-refractivity contribution in [3.8, 4) is 11.3 Å². The van der Waals surface area contributed by atoms with Crippen LogP contribution in [-0.4, -0.2) is 21.3 Å². The van der Waals surface area contributed by atoms with E-state index in [1.54, 1.807) is 0 Å². The SMILES string of the molecule is Cc1c(-c2c[nH]c3ccccc23)nn(C)c1CCN. The molecule has 0 radical (unpaired) electrons. The molecule has 0 fully saturated rings. The predicted molar refractivity (Wildman–Crippen MR) is 78.0 cm³/mol. The van der Waals surface area contributed by atoms with Crippen LogP contribution in [0.5, 0.6) is 0 Å². The monoisotopic (exact) mass is 254 g/mol. The number of para-hydroxylation sites is 1. The van der Waals surface area contributed by atoms with Crippen LogP contribution in [0.1, 0.15) is 11.3 Å². The number of aromatic nitrogens is 3. The smallest absolute Gasteiger partial charge is 0.0976 e. The third-order valence-electron chi connectivity index (χ3n) is 3.65. The molecule has 0 amide bonds. The second-order valence-electron chi connectivity index (χ2n) is 4.83.